The van der Waals surface area contributed by atoms with Gasteiger partial charge in [0.25, 0.3) is 0 Å². The van der Waals surface area contributed by atoms with Crippen molar-refractivity contribution in [2.45, 2.75) is 38.0 Å². The number of hydrogen-bond donors (Lipinski definition) is 1. The summed E-state index contributed by atoms with van der Waals surface area (Å²) < 4.78 is 5.76. The molecule has 1 saturated carbocycles. The highest BCUT2D eigenvalue weighted by atomic mass is 16.5. The Kier molecular flexibility index (Phi) is 2.94. The lowest BCUT2D eigenvalue weighted by Gasteiger charge is -2.37. The Hall–Kier alpha value is -1.20. The van der Waals surface area contributed by atoms with Crippen LogP contribution in [0.4, 0.5) is 5.95 Å². The average Bonchev–Trinajstić information content (AvgIpc) is 2.87. The molecule has 1 aromatic heterocycles. The van der Waals surface area contributed by atoms with Crippen molar-refractivity contribution in [3.8, 4) is 0 Å². The molecule has 1 aliphatic heterocycles. The van der Waals surface area contributed by atoms with Gasteiger partial charge in [-0.25, -0.2) is 9.97 Å². The van der Waals surface area contributed by atoms with E-state index in [0.717, 1.165) is 37.5 Å². The predicted octanol–water partition coefficient (Wildman–Crippen LogP) is 0.727. The van der Waals surface area contributed by atoms with Gasteiger partial charge in [-0.1, -0.05) is 0 Å². The normalized spacial score (nSPS) is 28.2. The van der Waals surface area contributed by atoms with Crippen molar-refractivity contribution in [2.75, 3.05) is 18.1 Å². The second-order valence-corrected chi connectivity index (χ2v) is 4.65. The third-order valence-electron chi connectivity index (χ3n) is 3.61. The quantitative estimate of drug-likeness (QED) is 0.818. The summed E-state index contributed by atoms with van der Waals surface area (Å²) in [6, 6.07) is 0.434. The Balaban J connectivity index is 1.81. The number of fused-ring (bicyclic) bond motifs is 1. The maximum atomic E-state index is 8.98. The molecule has 2 atom stereocenters. The molecule has 92 valence electrons. The summed E-state index contributed by atoms with van der Waals surface area (Å²) >= 11 is 0. The highest BCUT2D eigenvalue weighted by Crippen LogP contribution is 2.31. The van der Waals surface area contributed by atoms with Crippen LogP contribution in [0.1, 0.15) is 24.8 Å². The molecule has 2 fully saturated rings. The zero-order valence-electron chi connectivity index (χ0n) is 9.75. The average molecular weight is 235 g/mol. The number of ether oxygens (including phenoxy) is 1. The Bertz CT molecular complexity index is 382. The first-order valence-corrected chi connectivity index (χ1v) is 6.18. The first-order chi connectivity index (χ1) is 8.38. The van der Waals surface area contributed by atoms with Crippen molar-refractivity contribution in [3.05, 3.63) is 18.0 Å². The minimum atomic E-state index is -0.00452. The van der Waals surface area contributed by atoms with Gasteiger partial charge in [0, 0.05) is 24.5 Å². The van der Waals surface area contributed by atoms with Crippen molar-refractivity contribution in [1.82, 2.24) is 9.97 Å². The first kappa shape index (κ1) is 10.9. The molecule has 1 saturated heterocycles. The van der Waals surface area contributed by atoms with Gasteiger partial charge >= 0.3 is 0 Å². The monoisotopic (exact) mass is 235 g/mol. The van der Waals surface area contributed by atoms with E-state index in [1.807, 2.05) is 0 Å². The number of aromatic nitrogens is 2. The van der Waals surface area contributed by atoms with E-state index in [1.54, 1.807) is 12.4 Å². The molecule has 0 amide bonds. The van der Waals surface area contributed by atoms with Crippen molar-refractivity contribution in [2.24, 2.45) is 0 Å². The Morgan fingerprint density at radius 1 is 1.35 bits per heavy atom. The molecule has 0 bridgehead atoms. The SMILES string of the molecule is OCc1cnc(N2CCOC3CCCC32)nc1. The Labute approximate surface area is 100 Å². The van der Waals surface area contributed by atoms with E-state index >= 15 is 0 Å². The summed E-state index contributed by atoms with van der Waals surface area (Å²) in [5, 5.41) is 8.98. The van der Waals surface area contributed by atoms with E-state index in [0.29, 0.717) is 12.1 Å². The number of anilines is 1. The van der Waals surface area contributed by atoms with Gasteiger partial charge in [0.15, 0.2) is 0 Å². The van der Waals surface area contributed by atoms with E-state index in [2.05, 4.69) is 14.9 Å². The van der Waals surface area contributed by atoms with E-state index < -0.39 is 0 Å². The second-order valence-electron chi connectivity index (χ2n) is 4.65. The third kappa shape index (κ3) is 2.00. The Morgan fingerprint density at radius 3 is 2.94 bits per heavy atom. The van der Waals surface area contributed by atoms with Gasteiger partial charge in [-0.05, 0) is 19.3 Å². The number of morpholine rings is 1. The maximum absolute atomic E-state index is 8.98. The molecule has 5 heteroatoms. The van der Waals surface area contributed by atoms with Gasteiger partial charge in [0.1, 0.15) is 0 Å². The lowest BCUT2D eigenvalue weighted by Crippen LogP contribution is -2.49. The molecule has 1 N–H and O–H groups in total. The van der Waals surface area contributed by atoms with Gasteiger partial charge < -0.3 is 14.7 Å². The van der Waals surface area contributed by atoms with Crippen LogP contribution in [0.5, 0.6) is 0 Å². The van der Waals surface area contributed by atoms with E-state index in [9.17, 15) is 0 Å². The summed E-state index contributed by atoms with van der Waals surface area (Å²) in [6.45, 7) is 1.61. The summed E-state index contributed by atoms with van der Waals surface area (Å²) in [5.41, 5.74) is 0.755. The summed E-state index contributed by atoms with van der Waals surface area (Å²) in [6.07, 6.45) is 7.28. The fourth-order valence-electron chi connectivity index (χ4n) is 2.75. The van der Waals surface area contributed by atoms with Crippen molar-refractivity contribution >= 4 is 5.95 Å². The van der Waals surface area contributed by atoms with Crippen LogP contribution in [0.2, 0.25) is 0 Å². The molecule has 2 heterocycles. The van der Waals surface area contributed by atoms with Crippen LogP contribution in [-0.2, 0) is 11.3 Å². The topological polar surface area (TPSA) is 58.5 Å². The van der Waals surface area contributed by atoms with Crippen LogP contribution >= 0.6 is 0 Å². The fourth-order valence-corrected chi connectivity index (χ4v) is 2.75. The van der Waals surface area contributed by atoms with Crippen LogP contribution in [0.25, 0.3) is 0 Å². The highest BCUT2D eigenvalue weighted by Gasteiger charge is 2.37. The van der Waals surface area contributed by atoms with Crippen LogP contribution in [0.15, 0.2) is 12.4 Å². The first-order valence-electron chi connectivity index (χ1n) is 6.18. The van der Waals surface area contributed by atoms with Gasteiger partial charge in [-0.2, -0.15) is 0 Å². The number of aliphatic hydroxyl groups is 1. The third-order valence-corrected chi connectivity index (χ3v) is 3.61. The van der Waals surface area contributed by atoms with Crippen molar-refractivity contribution < 1.29 is 9.84 Å². The molecule has 0 aromatic carbocycles. The molecule has 5 nitrogen and oxygen atoms in total. The molecule has 1 aromatic rings. The number of nitrogens with zero attached hydrogens (tertiary/aromatic N) is 3. The zero-order valence-corrected chi connectivity index (χ0v) is 9.75. The lowest BCUT2D eigenvalue weighted by molar-refractivity contribution is 0.0250. The largest absolute Gasteiger partial charge is 0.392 e. The number of rotatable bonds is 2. The molecular formula is C12H17N3O2. The fraction of sp³-hybridized carbons (Fsp3) is 0.667. The van der Waals surface area contributed by atoms with Crippen LogP contribution in [-0.4, -0.2) is 40.4 Å². The number of aliphatic hydroxyl groups excluding tert-OH is 1. The molecule has 2 aliphatic rings. The smallest absolute Gasteiger partial charge is 0.225 e. The molecule has 17 heavy (non-hydrogen) atoms. The van der Waals surface area contributed by atoms with Gasteiger partial charge in [0.05, 0.1) is 25.4 Å². The Morgan fingerprint density at radius 2 is 2.18 bits per heavy atom. The molecule has 3 rings (SSSR count). The van der Waals surface area contributed by atoms with Crippen LogP contribution in [0.3, 0.4) is 0 Å². The van der Waals surface area contributed by atoms with Crippen LogP contribution in [0, 0.1) is 0 Å². The highest BCUT2D eigenvalue weighted by molar-refractivity contribution is 5.33. The lowest BCUT2D eigenvalue weighted by atomic mass is 10.1. The molecule has 2 unspecified atom stereocenters. The standard InChI is InChI=1S/C12H17N3O2/c16-8-9-6-13-12(14-7-9)15-4-5-17-11-3-1-2-10(11)15/h6-7,10-11,16H,1-5,8H2. The van der Waals surface area contributed by atoms with Gasteiger partial charge in [0.2, 0.25) is 5.95 Å². The molecular weight excluding hydrogens is 218 g/mol. The molecule has 0 spiro atoms. The van der Waals surface area contributed by atoms with Crippen LogP contribution < -0.4 is 4.90 Å². The molecule has 0 radical (unpaired) electrons. The molecule has 1 aliphatic carbocycles. The second kappa shape index (κ2) is 4.58. The maximum Gasteiger partial charge on any atom is 0.225 e. The van der Waals surface area contributed by atoms with E-state index in [1.165, 1.54) is 6.42 Å². The minimum absolute atomic E-state index is 0.00452. The zero-order chi connectivity index (χ0) is 11.7. The van der Waals surface area contributed by atoms with E-state index in [-0.39, 0.29) is 6.61 Å². The predicted molar refractivity (Wildman–Crippen MR) is 62.7 cm³/mol. The van der Waals surface area contributed by atoms with Gasteiger partial charge in [-0.3, -0.25) is 0 Å². The minimum Gasteiger partial charge on any atom is -0.392 e. The summed E-state index contributed by atoms with van der Waals surface area (Å²) in [4.78, 5) is 10.9. The van der Waals surface area contributed by atoms with E-state index in [4.69, 9.17) is 9.84 Å². The van der Waals surface area contributed by atoms with Gasteiger partial charge in [-0.15, -0.1) is 0 Å². The van der Waals surface area contributed by atoms with Crippen molar-refractivity contribution in [1.29, 1.82) is 0 Å². The summed E-state index contributed by atoms with van der Waals surface area (Å²) in [5.74, 6) is 0.766. The van der Waals surface area contributed by atoms with Crippen molar-refractivity contribution in [3.63, 3.8) is 0 Å². The number of hydrogen-bond acceptors (Lipinski definition) is 5. The summed E-state index contributed by atoms with van der Waals surface area (Å²) in [7, 11) is 0.